The van der Waals surface area contributed by atoms with E-state index in [0.717, 1.165) is 3.58 Å². The quantitative estimate of drug-likeness (QED) is 0.428. The molecule has 3 unspecified atom stereocenters. The Balaban J connectivity index is 2.13. The van der Waals surface area contributed by atoms with Gasteiger partial charge in [0.2, 0.25) is 0 Å². The zero-order valence-corrected chi connectivity index (χ0v) is 14.1. The van der Waals surface area contributed by atoms with Crippen LogP contribution in [-0.2, 0) is 14.0 Å². The standard InChI is InChI=1S/C12H19IO3Si/c1-12(2,3)17(4,5)16-8-6-7(13)9(14)11-10(8)15-11/h6,8,10-11H,1-5H3. The summed E-state index contributed by atoms with van der Waals surface area (Å²) in [7, 11) is -1.80. The zero-order valence-electron chi connectivity index (χ0n) is 10.9. The van der Waals surface area contributed by atoms with Crippen molar-refractivity contribution in [2.45, 2.75) is 57.2 Å². The summed E-state index contributed by atoms with van der Waals surface area (Å²) in [5.74, 6) is 0.116. The predicted molar refractivity (Wildman–Crippen MR) is 77.8 cm³/mol. The molecule has 1 aliphatic heterocycles. The van der Waals surface area contributed by atoms with Crippen molar-refractivity contribution in [3.8, 4) is 0 Å². The van der Waals surface area contributed by atoms with E-state index in [0.29, 0.717) is 0 Å². The van der Waals surface area contributed by atoms with E-state index in [1.165, 1.54) is 0 Å². The molecule has 1 saturated heterocycles. The van der Waals surface area contributed by atoms with Crippen molar-refractivity contribution in [3.63, 3.8) is 0 Å². The maximum absolute atomic E-state index is 11.6. The third kappa shape index (κ3) is 2.52. The first kappa shape index (κ1) is 13.7. The smallest absolute Gasteiger partial charge is 0.200 e. The molecule has 0 saturated carbocycles. The highest BCUT2D eigenvalue weighted by atomic mass is 127. The van der Waals surface area contributed by atoms with Gasteiger partial charge in [0.15, 0.2) is 20.2 Å². The molecule has 17 heavy (non-hydrogen) atoms. The van der Waals surface area contributed by atoms with Crippen molar-refractivity contribution >= 4 is 36.7 Å². The van der Waals surface area contributed by atoms with E-state index in [9.17, 15) is 4.79 Å². The fourth-order valence-corrected chi connectivity index (χ4v) is 3.56. The molecule has 96 valence electrons. The largest absolute Gasteiger partial charge is 0.408 e. The van der Waals surface area contributed by atoms with Gasteiger partial charge in [-0.25, -0.2) is 0 Å². The summed E-state index contributed by atoms with van der Waals surface area (Å²) in [5, 5.41) is 0.179. The molecule has 0 aromatic rings. The Kier molecular flexibility index (Phi) is 3.34. The number of carbonyl (C=O) groups is 1. The van der Waals surface area contributed by atoms with Crippen LogP contribution < -0.4 is 0 Å². The number of hydrogen-bond donors (Lipinski definition) is 0. The van der Waals surface area contributed by atoms with Gasteiger partial charge in [-0.05, 0) is 46.8 Å². The van der Waals surface area contributed by atoms with Gasteiger partial charge >= 0.3 is 0 Å². The van der Waals surface area contributed by atoms with E-state index in [1.807, 2.05) is 6.08 Å². The van der Waals surface area contributed by atoms with Crippen LogP contribution in [-0.4, -0.2) is 32.4 Å². The summed E-state index contributed by atoms with van der Waals surface area (Å²) in [5.41, 5.74) is 0. The van der Waals surface area contributed by atoms with Gasteiger partial charge < -0.3 is 9.16 Å². The fraction of sp³-hybridized carbons (Fsp3) is 0.750. The normalized spacial score (nSPS) is 33.2. The van der Waals surface area contributed by atoms with Crippen LogP contribution in [0, 0.1) is 0 Å². The predicted octanol–water partition coefficient (Wildman–Crippen LogP) is 3.05. The van der Waals surface area contributed by atoms with Crippen molar-refractivity contribution < 1.29 is 14.0 Å². The highest BCUT2D eigenvalue weighted by Gasteiger charge is 2.55. The highest BCUT2D eigenvalue weighted by Crippen LogP contribution is 2.43. The number of halogens is 1. The summed E-state index contributed by atoms with van der Waals surface area (Å²) in [6.07, 6.45) is 1.62. The van der Waals surface area contributed by atoms with Crippen LogP contribution >= 0.6 is 22.6 Å². The van der Waals surface area contributed by atoms with Crippen LogP contribution in [0.2, 0.25) is 18.1 Å². The minimum Gasteiger partial charge on any atom is -0.408 e. The maximum atomic E-state index is 11.6. The molecule has 0 N–H and O–H groups in total. The van der Waals surface area contributed by atoms with Crippen molar-refractivity contribution in [1.29, 1.82) is 0 Å². The first-order valence-corrected chi connectivity index (χ1v) is 9.87. The molecule has 0 aromatic carbocycles. The van der Waals surface area contributed by atoms with E-state index >= 15 is 0 Å². The van der Waals surface area contributed by atoms with E-state index in [-0.39, 0.29) is 29.1 Å². The molecule has 0 bridgehead atoms. The minimum absolute atomic E-state index is 0.0323. The average Bonchev–Trinajstić information content (AvgIpc) is 2.91. The third-order valence-corrected chi connectivity index (χ3v) is 9.26. The number of carbonyl (C=O) groups excluding carboxylic acids is 1. The zero-order chi connectivity index (χ0) is 13.0. The van der Waals surface area contributed by atoms with Gasteiger partial charge in [-0.3, -0.25) is 4.79 Å². The van der Waals surface area contributed by atoms with Gasteiger partial charge in [0.25, 0.3) is 0 Å². The lowest BCUT2D eigenvalue weighted by molar-refractivity contribution is -0.116. The molecule has 1 aliphatic carbocycles. The Morgan fingerprint density at radius 3 is 2.53 bits per heavy atom. The molecular formula is C12H19IO3Si. The van der Waals surface area contributed by atoms with Gasteiger partial charge in [0.1, 0.15) is 6.10 Å². The second-order valence-corrected chi connectivity index (χ2v) is 12.2. The second-order valence-electron chi connectivity index (χ2n) is 6.24. The van der Waals surface area contributed by atoms with Gasteiger partial charge in [-0.1, -0.05) is 20.8 Å². The van der Waals surface area contributed by atoms with Crippen LogP contribution in [0.15, 0.2) is 9.66 Å². The summed E-state index contributed by atoms with van der Waals surface area (Å²) in [4.78, 5) is 11.6. The number of ether oxygens (including phenoxy) is 1. The third-order valence-electron chi connectivity index (χ3n) is 3.89. The molecule has 2 rings (SSSR count). The Morgan fingerprint density at radius 2 is 2.00 bits per heavy atom. The lowest BCUT2D eigenvalue weighted by Gasteiger charge is -2.38. The number of ketones is 1. The number of epoxide rings is 1. The molecule has 0 radical (unpaired) electrons. The van der Waals surface area contributed by atoms with Gasteiger partial charge in [0.05, 0.1) is 9.68 Å². The van der Waals surface area contributed by atoms with Gasteiger partial charge in [-0.15, -0.1) is 0 Å². The SMILES string of the molecule is CC(C)(C)[Si](C)(C)OC1C=C(I)C(=O)C2OC12. The average molecular weight is 366 g/mol. The monoisotopic (exact) mass is 366 g/mol. The molecule has 3 atom stereocenters. The summed E-state index contributed by atoms with van der Waals surface area (Å²) >= 11 is 2.08. The molecule has 2 aliphatic rings. The molecule has 0 aromatic heterocycles. The fourth-order valence-electron chi connectivity index (χ4n) is 1.66. The van der Waals surface area contributed by atoms with Gasteiger partial charge in [0, 0.05) is 0 Å². The first-order chi connectivity index (χ1) is 7.63. The Bertz CT molecular complexity index is 384. The molecule has 1 fully saturated rings. The summed E-state index contributed by atoms with van der Waals surface area (Å²) in [6.45, 7) is 11.1. The maximum Gasteiger partial charge on any atom is 0.200 e. The van der Waals surface area contributed by atoms with Crippen molar-refractivity contribution in [3.05, 3.63) is 9.66 Å². The number of rotatable bonds is 2. The van der Waals surface area contributed by atoms with Crippen LogP contribution in [0.4, 0.5) is 0 Å². The van der Waals surface area contributed by atoms with Gasteiger partial charge in [-0.2, -0.15) is 0 Å². The molecule has 0 amide bonds. The number of fused-ring (bicyclic) bond motifs is 1. The molecule has 1 heterocycles. The summed E-state index contributed by atoms with van der Waals surface area (Å²) in [6, 6.07) is 0. The topological polar surface area (TPSA) is 38.8 Å². The van der Waals surface area contributed by atoms with E-state index in [4.69, 9.17) is 9.16 Å². The van der Waals surface area contributed by atoms with Crippen LogP contribution in [0.3, 0.4) is 0 Å². The molecular weight excluding hydrogens is 347 g/mol. The second kappa shape index (κ2) is 4.14. The lowest BCUT2D eigenvalue weighted by Crippen LogP contribution is -2.46. The molecule has 3 nitrogen and oxygen atoms in total. The summed E-state index contributed by atoms with van der Waals surface area (Å²) < 4.78 is 12.5. The number of Topliss-reactive ketones (excluding diaryl/α,β-unsaturated/α-hetero) is 1. The molecule has 0 spiro atoms. The Morgan fingerprint density at radius 1 is 1.41 bits per heavy atom. The van der Waals surface area contributed by atoms with Crippen LogP contribution in [0.5, 0.6) is 0 Å². The first-order valence-electron chi connectivity index (χ1n) is 5.88. The van der Waals surface area contributed by atoms with Crippen LogP contribution in [0.25, 0.3) is 0 Å². The van der Waals surface area contributed by atoms with Crippen LogP contribution in [0.1, 0.15) is 20.8 Å². The minimum atomic E-state index is -1.80. The van der Waals surface area contributed by atoms with E-state index < -0.39 is 8.32 Å². The number of hydrogen-bond acceptors (Lipinski definition) is 3. The van der Waals surface area contributed by atoms with E-state index in [2.05, 4.69) is 56.5 Å². The van der Waals surface area contributed by atoms with E-state index in [1.54, 1.807) is 0 Å². The Labute approximate surface area is 117 Å². The van der Waals surface area contributed by atoms with Crippen molar-refractivity contribution in [1.82, 2.24) is 0 Å². The highest BCUT2D eigenvalue weighted by molar-refractivity contribution is 14.1. The molecule has 5 heteroatoms. The van der Waals surface area contributed by atoms with Crippen molar-refractivity contribution in [2.24, 2.45) is 0 Å². The lowest BCUT2D eigenvalue weighted by atomic mass is 10.0. The van der Waals surface area contributed by atoms with Crippen molar-refractivity contribution in [2.75, 3.05) is 0 Å². The Hall–Kier alpha value is 0.277.